The van der Waals surface area contributed by atoms with Gasteiger partial charge in [0.15, 0.2) is 12.4 Å². The summed E-state index contributed by atoms with van der Waals surface area (Å²) in [5, 5.41) is 40.0. The molecule has 10 nitrogen and oxygen atoms in total. The number of allylic oxidation sites excluding steroid dienone is 13. The monoisotopic (exact) mass is 801 g/mol. The lowest BCUT2D eigenvalue weighted by molar-refractivity contribution is -0.305. The second kappa shape index (κ2) is 37.2. The van der Waals surface area contributed by atoms with Gasteiger partial charge >= 0.3 is 11.9 Å². The standard InChI is InChI=1S/C47H76O10/c1-3-5-7-9-11-13-15-17-19-20-22-23-25-27-29-31-33-35-42(49)54-38-40(39-55-47-46(53)45(52)44(51)41(37-48)57-47)56-43(50)36-34-32-30-28-26-24-21-18-16-14-12-10-8-6-4-2/h6,8,11-14,17-19,21,26,28,32,34,40-41,44-48,51-53H,3-5,7,9-10,15-16,20,22-25,27,29-31,33,35-39H2,1-2H3/b8-6-,13-11-,14-12-,19-17-,21-18-,28-26-,34-32-. The molecule has 1 rings (SSSR count). The number of carbonyl (C=O) groups is 2. The zero-order chi connectivity index (χ0) is 41.6. The van der Waals surface area contributed by atoms with Gasteiger partial charge in [0.25, 0.3) is 0 Å². The fourth-order valence-electron chi connectivity index (χ4n) is 5.88. The van der Waals surface area contributed by atoms with Crippen LogP contribution in [-0.2, 0) is 28.5 Å². The molecule has 57 heavy (non-hydrogen) atoms. The van der Waals surface area contributed by atoms with Gasteiger partial charge in [0.05, 0.1) is 19.6 Å². The maximum Gasteiger partial charge on any atom is 0.310 e. The van der Waals surface area contributed by atoms with E-state index in [9.17, 15) is 30.0 Å². The molecule has 0 bridgehead atoms. The Morgan fingerprint density at radius 1 is 0.579 bits per heavy atom. The van der Waals surface area contributed by atoms with Crippen LogP contribution in [0.25, 0.3) is 0 Å². The molecule has 6 unspecified atom stereocenters. The second-order valence-electron chi connectivity index (χ2n) is 14.4. The van der Waals surface area contributed by atoms with E-state index < -0.39 is 55.4 Å². The highest BCUT2D eigenvalue weighted by atomic mass is 16.7. The van der Waals surface area contributed by atoms with Crippen LogP contribution < -0.4 is 0 Å². The van der Waals surface area contributed by atoms with Crippen LogP contribution in [0.5, 0.6) is 0 Å². The first-order valence-corrected chi connectivity index (χ1v) is 21.7. The highest BCUT2D eigenvalue weighted by Crippen LogP contribution is 2.22. The quantitative estimate of drug-likeness (QED) is 0.0282. The normalized spacial score (nSPS) is 21.1. The molecule has 0 aromatic rings. The van der Waals surface area contributed by atoms with Crippen LogP contribution in [0, 0.1) is 0 Å². The third kappa shape index (κ3) is 28.9. The second-order valence-corrected chi connectivity index (χ2v) is 14.4. The number of aliphatic hydroxyl groups is 4. The zero-order valence-electron chi connectivity index (χ0n) is 35.0. The molecule has 0 aromatic carbocycles. The maximum absolute atomic E-state index is 12.7. The van der Waals surface area contributed by atoms with Gasteiger partial charge < -0.3 is 39.4 Å². The van der Waals surface area contributed by atoms with Gasteiger partial charge in [0.1, 0.15) is 31.0 Å². The summed E-state index contributed by atoms with van der Waals surface area (Å²) in [7, 11) is 0. The van der Waals surface area contributed by atoms with E-state index in [1.165, 1.54) is 44.9 Å². The molecule has 0 radical (unpaired) electrons. The van der Waals surface area contributed by atoms with E-state index in [4.69, 9.17) is 18.9 Å². The smallest absolute Gasteiger partial charge is 0.310 e. The molecule has 10 heteroatoms. The predicted octanol–water partition coefficient (Wildman–Crippen LogP) is 8.99. The van der Waals surface area contributed by atoms with Crippen LogP contribution in [-0.4, -0.2) is 89.0 Å². The predicted molar refractivity (Wildman–Crippen MR) is 228 cm³/mol. The highest BCUT2D eigenvalue weighted by molar-refractivity contribution is 5.71. The molecular formula is C47H76O10. The number of rotatable bonds is 34. The van der Waals surface area contributed by atoms with Gasteiger partial charge in [-0.05, 0) is 70.6 Å². The molecule has 6 atom stereocenters. The first kappa shape index (κ1) is 51.9. The Morgan fingerprint density at radius 2 is 1.09 bits per heavy atom. The minimum atomic E-state index is -1.62. The van der Waals surface area contributed by atoms with Crippen LogP contribution in [0.2, 0.25) is 0 Å². The zero-order valence-corrected chi connectivity index (χ0v) is 35.0. The van der Waals surface area contributed by atoms with Crippen LogP contribution in [0.3, 0.4) is 0 Å². The average Bonchev–Trinajstić information content (AvgIpc) is 3.21. The Labute approximate surface area is 344 Å². The van der Waals surface area contributed by atoms with Crippen molar-refractivity contribution in [3.8, 4) is 0 Å². The number of carbonyl (C=O) groups excluding carboxylic acids is 2. The van der Waals surface area contributed by atoms with E-state index in [1.54, 1.807) is 6.08 Å². The molecule has 1 saturated heterocycles. The van der Waals surface area contributed by atoms with Crippen molar-refractivity contribution < 1.29 is 49.0 Å². The third-order valence-corrected chi connectivity index (χ3v) is 9.30. The lowest BCUT2D eigenvalue weighted by Gasteiger charge is -2.39. The summed E-state index contributed by atoms with van der Waals surface area (Å²) in [6.07, 6.45) is 40.4. The maximum atomic E-state index is 12.7. The van der Waals surface area contributed by atoms with Gasteiger partial charge in [-0.2, -0.15) is 0 Å². The van der Waals surface area contributed by atoms with E-state index in [1.807, 2.05) is 12.2 Å². The topological polar surface area (TPSA) is 152 Å². The Bertz CT molecular complexity index is 1200. The fourth-order valence-corrected chi connectivity index (χ4v) is 5.88. The lowest BCUT2D eigenvalue weighted by atomic mass is 9.99. The summed E-state index contributed by atoms with van der Waals surface area (Å²) < 4.78 is 22.0. The van der Waals surface area contributed by atoms with Crippen molar-refractivity contribution in [2.45, 2.75) is 179 Å². The molecule has 1 fully saturated rings. The highest BCUT2D eigenvalue weighted by Gasteiger charge is 2.44. The number of esters is 2. The molecule has 0 aliphatic carbocycles. The molecule has 0 spiro atoms. The van der Waals surface area contributed by atoms with Gasteiger partial charge in [-0.3, -0.25) is 9.59 Å². The summed E-state index contributed by atoms with van der Waals surface area (Å²) in [4.78, 5) is 25.2. The number of hydrogen-bond acceptors (Lipinski definition) is 10. The van der Waals surface area contributed by atoms with E-state index in [-0.39, 0.29) is 26.1 Å². The van der Waals surface area contributed by atoms with Gasteiger partial charge in [-0.15, -0.1) is 0 Å². The molecule has 0 aromatic heterocycles. The van der Waals surface area contributed by atoms with Gasteiger partial charge in [-0.1, -0.05) is 144 Å². The van der Waals surface area contributed by atoms with Crippen molar-refractivity contribution in [3.63, 3.8) is 0 Å². The summed E-state index contributed by atoms with van der Waals surface area (Å²) >= 11 is 0. The Kier molecular flexibility index (Phi) is 33.8. The van der Waals surface area contributed by atoms with Crippen molar-refractivity contribution in [1.29, 1.82) is 0 Å². The van der Waals surface area contributed by atoms with Gasteiger partial charge in [0.2, 0.25) is 0 Å². The van der Waals surface area contributed by atoms with E-state index in [0.29, 0.717) is 12.8 Å². The summed E-state index contributed by atoms with van der Waals surface area (Å²) in [6.45, 7) is 3.15. The van der Waals surface area contributed by atoms with E-state index >= 15 is 0 Å². The minimum absolute atomic E-state index is 0.00837. The summed E-state index contributed by atoms with van der Waals surface area (Å²) in [5.74, 6) is -0.972. The number of hydrogen-bond donors (Lipinski definition) is 4. The largest absolute Gasteiger partial charge is 0.462 e. The van der Waals surface area contributed by atoms with Gasteiger partial charge in [-0.25, -0.2) is 0 Å². The Hall–Kier alpha value is -3.12. The van der Waals surface area contributed by atoms with E-state index in [0.717, 1.165) is 57.8 Å². The van der Waals surface area contributed by atoms with Crippen molar-refractivity contribution >= 4 is 11.9 Å². The number of ether oxygens (including phenoxy) is 4. The fraction of sp³-hybridized carbons (Fsp3) is 0.660. The summed E-state index contributed by atoms with van der Waals surface area (Å²) in [5.41, 5.74) is 0. The Morgan fingerprint density at radius 3 is 1.65 bits per heavy atom. The molecule has 1 heterocycles. The molecule has 0 amide bonds. The SMILES string of the molecule is CC/C=C\C/C=C\C/C=C\C/C=C\C/C=C\CC(=O)OC(COC(=O)CCCCCCCCC/C=C\C/C=C\CCCCC)COC1OC(CO)C(O)C(O)C1O. The first-order chi connectivity index (χ1) is 27.8. The summed E-state index contributed by atoms with van der Waals surface area (Å²) in [6, 6.07) is 0. The number of unbranched alkanes of at least 4 members (excludes halogenated alkanes) is 10. The first-order valence-electron chi connectivity index (χ1n) is 21.7. The molecule has 0 saturated carbocycles. The average molecular weight is 801 g/mol. The molecular weight excluding hydrogens is 725 g/mol. The van der Waals surface area contributed by atoms with Crippen LogP contribution in [0.15, 0.2) is 85.1 Å². The van der Waals surface area contributed by atoms with Crippen molar-refractivity contribution in [3.05, 3.63) is 85.1 Å². The van der Waals surface area contributed by atoms with Gasteiger partial charge in [0, 0.05) is 6.42 Å². The van der Waals surface area contributed by atoms with Crippen LogP contribution in [0.1, 0.15) is 142 Å². The Balaban J connectivity index is 2.42. The van der Waals surface area contributed by atoms with Crippen LogP contribution >= 0.6 is 0 Å². The minimum Gasteiger partial charge on any atom is -0.462 e. The van der Waals surface area contributed by atoms with E-state index in [2.05, 4.69) is 80.7 Å². The third-order valence-electron chi connectivity index (χ3n) is 9.30. The molecule has 4 N–H and O–H groups in total. The molecule has 1 aliphatic heterocycles. The lowest BCUT2D eigenvalue weighted by Crippen LogP contribution is -2.59. The van der Waals surface area contributed by atoms with Crippen molar-refractivity contribution in [2.75, 3.05) is 19.8 Å². The molecule has 324 valence electrons. The number of aliphatic hydroxyl groups excluding tert-OH is 4. The van der Waals surface area contributed by atoms with Crippen molar-refractivity contribution in [1.82, 2.24) is 0 Å². The van der Waals surface area contributed by atoms with Crippen molar-refractivity contribution in [2.24, 2.45) is 0 Å². The molecule has 1 aliphatic rings. The van der Waals surface area contributed by atoms with Crippen LogP contribution in [0.4, 0.5) is 0 Å².